The Bertz CT molecular complexity index is 601. The second-order valence-electron chi connectivity index (χ2n) is 4.56. The number of allylic oxidation sites excluding steroid dienone is 2. The van der Waals surface area contributed by atoms with Gasteiger partial charge in [0.05, 0.1) is 5.56 Å². The van der Waals surface area contributed by atoms with Gasteiger partial charge in [0, 0.05) is 17.8 Å². The van der Waals surface area contributed by atoms with Crippen LogP contribution in [0.15, 0.2) is 35.5 Å². The van der Waals surface area contributed by atoms with E-state index in [1.54, 1.807) is 0 Å². The molecule has 1 heterocycles. The number of Topliss-reactive ketones (excluding diaryl/α,β-unsaturated/α-hetero) is 1. The monoisotopic (exact) mass is 270 g/mol. The maximum absolute atomic E-state index is 12.3. The van der Waals surface area contributed by atoms with Crippen LogP contribution in [0.4, 0.5) is 0 Å². The Labute approximate surface area is 116 Å². The summed E-state index contributed by atoms with van der Waals surface area (Å²) in [6.07, 6.45) is 2.68. The molecule has 5 heteroatoms. The fourth-order valence-electron chi connectivity index (χ4n) is 2.13. The van der Waals surface area contributed by atoms with Gasteiger partial charge >= 0.3 is 5.97 Å². The fraction of sp³-hybridized carbons (Fsp3) is 0.267. The number of carboxylic acid groups (broad SMARTS) is 1. The normalized spacial score (nSPS) is 16.8. The van der Waals surface area contributed by atoms with E-state index in [1.165, 1.54) is 24.3 Å². The maximum Gasteiger partial charge on any atom is 0.335 e. The molecule has 5 nitrogen and oxygen atoms in total. The molecule has 2 rings (SSSR count). The number of aromatic carboxylic acids is 1. The Morgan fingerprint density at radius 2 is 1.80 bits per heavy atom. The molecule has 102 valence electrons. The molecule has 0 atom stereocenters. The molecule has 0 amide bonds. The van der Waals surface area contributed by atoms with Gasteiger partial charge in [-0.15, -0.1) is 0 Å². The van der Waals surface area contributed by atoms with E-state index in [1.807, 2.05) is 6.07 Å². The predicted molar refractivity (Wildman–Crippen MR) is 72.2 cm³/mol. The summed E-state index contributed by atoms with van der Waals surface area (Å²) in [5, 5.41) is 21.1. The largest absolute Gasteiger partial charge is 0.478 e. The van der Waals surface area contributed by atoms with Crippen LogP contribution in [0.5, 0.6) is 0 Å². The highest BCUT2D eigenvalue weighted by Gasteiger charge is 2.19. The van der Waals surface area contributed by atoms with Crippen molar-refractivity contribution in [3.63, 3.8) is 0 Å². The summed E-state index contributed by atoms with van der Waals surface area (Å²) in [5.41, 5.74) is 1.24. The SMILES string of the molecule is N#C/C(C(=O)c1ccc(C(=O)O)cc1)=C1\CCCCN1. The Hall–Kier alpha value is -2.61. The molecule has 0 saturated carbocycles. The topological polar surface area (TPSA) is 90.2 Å². The van der Waals surface area contributed by atoms with Gasteiger partial charge in [0.1, 0.15) is 11.6 Å². The van der Waals surface area contributed by atoms with Crippen molar-refractivity contribution in [2.24, 2.45) is 0 Å². The molecule has 1 saturated heterocycles. The first-order valence-electron chi connectivity index (χ1n) is 6.38. The molecule has 0 radical (unpaired) electrons. The van der Waals surface area contributed by atoms with Crippen molar-refractivity contribution in [2.75, 3.05) is 6.54 Å². The first-order valence-corrected chi connectivity index (χ1v) is 6.38. The predicted octanol–water partition coefficient (Wildman–Crippen LogP) is 2.12. The van der Waals surface area contributed by atoms with Gasteiger partial charge in [-0.3, -0.25) is 4.79 Å². The lowest BCUT2D eigenvalue weighted by molar-refractivity contribution is 0.0696. The van der Waals surface area contributed by atoms with Crippen LogP contribution in [0.25, 0.3) is 0 Å². The highest BCUT2D eigenvalue weighted by molar-refractivity contribution is 6.12. The van der Waals surface area contributed by atoms with E-state index in [0.717, 1.165) is 19.4 Å². The molecule has 0 spiro atoms. The zero-order valence-corrected chi connectivity index (χ0v) is 10.8. The molecule has 1 aromatic carbocycles. The molecule has 2 N–H and O–H groups in total. The standard InChI is InChI=1S/C15H14N2O3/c16-9-12(13-3-1-2-8-17-13)14(18)10-4-6-11(7-5-10)15(19)20/h4-7,17H,1-3,8H2,(H,19,20)/b13-12-. The minimum Gasteiger partial charge on any atom is -0.478 e. The van der Waals surface area contributed by atoms with Gasteiger partial charge in [0.25, 0.3) is 0 Å². The van der Waals surface area contributed by atoms with Gasteiger partial charge in [-0.2, -0.15) is 5.26 Å². The summed E-state index contributed by atoms with van der Waals surface area (Å²) in [5.74, 6) is -1.41. The summed E-state index contributed by atoms with van der Waals surface area (Å²) >= 11 is 0. The van der Waals surface area contributed by atoms with Gasteiger partial charge in [0.15, 0.2) is 0 Å². The molecule has 1 aliphatic rings. The molecule has 0 bridgehead atoms. The lowest BCUT2D eigenvalue weighted by Crippen LogP contribution is -2.23. The fourth-order valence-corrected chi connectivity index (χ4v) is 2.13. The molecule has 0 unspecified atom stereocenters. The first-order chi connectivity index (χ1) is 9.63. The smallest absolute Gasteiger partial charge is 0.335 e. The van der Waals surface area contributed by atoms with Crippen molar-refractivity contribution < 1.29 is 14.7 Å². The van der Waals surface area contributed by atoms with Crippen molar-refractivity contribution in [1.29, 1.82) is 5.26 Å². The zero-order valence-electron chi connectivity index (χ0n) is 10.8. The third-order valence-corrected chi connectivity index (χ3v) is 3.23. The van der Waals surface area contributed by atoms with E-state index in [0.29, 0.717) is 17.7 Å². The number of nitriles is 1. The van der Waals surface area contributed by atoms with Crippen LogP contribution in [-0.4, -0.2) is 23.4 Å². The maximum atomic E-state index is 12.3. The third kappa shape index (κ3) is 2.86. The molecule has 20 heavy (non-hydrogen) atoms. The second kappa shape index (κ2) is 6.02. The van der Waals surface area contributed by atoms with E-state index in [2.05, 4.69) is 5.32 Å². The number of rotatable bonds is 3. The summed E-state index contributed by atoms with van der Waals surface area (Å²) in [6.45, 7) is 0.770. The van der Waals surface area contributed by atoms with Crippen LogP contribution in [0.2, 0.25) is 0 Å². The van der Waals surface area contributed by atoms with Gasteiger partial charge < -0.3 is 10.4 Å². The average molecular weight is 270 g/mol. The summed E-state index contributed by atoms with van der Waals surface area (Å²) in [7, 11) is 0. The lowest BCUT2D eigenvalue weighted by Gasteiger charge is -2.17. The number of hydrogen-bond donors (Lipinski definition) is 2. The Balaban J connectivity index is 2.29. The number of carbonyl (C=O) groups is 2. The average Bonchev–Trinajstić information content (AvgIpc) is 2.49. The number of carboxylic acids is 1. The quantitative estimate of drug-likeness (QED) is 0.499. The van der Waals surface area contributed by atoms with Crippen LogP contribution < -0.4 is 5.32 Å². The van der Waals surface area contributed by atoms with E-state index in [9.17, 15) is 14.9 Å². The van der Waals surface area contributed by atoms with Crippen molar-refractivity contribution in [2.45, 2.75) is 19.3 Å². The van der Waals surface area contributed by atoms with Gasteiger partial charge in [0.2, 0.25) is 5.78 Å². The minimum absolute atomic E-state index is 0.114. The molecular weight excluding hydrogens is 256 g/mol. The summed E-state index contributed by atoms with van der Waals surface area (Å²) < 4.78 is 0. The minimum atomic E-state index is -1.04. The Morgan fingerprint density at radius 3 is 2.30 bits per heavy atom. The highest BCUT2D eigenvalue weighted by Crippen LogP contribution is 2.18. The molecule has 1 fully saturated rings. The van der Waals surface area contributed by atoms with Crippen molar-refractivity contribution in [3.05, 3.63) is 46.7 Å². The van der Waals surface area contributed by atoms with Crippen LogP contribution in [0.3, 0.4) is 0 Å². The molecular formula is C15H14N2O3. The van der Waals surface area contributed by atoms with Gasteiger partial charge in [-0.1, -0.05) is 12.1 Å². The first kappa shape index (κ1) is 13.8. The number of benzene rings is 1. The third-order valence-electron chi connectivity index (χ3n) is 3.23. The van der Waals surface area contributed by atoms with E-state index in [4.69, 9.17) is 5.11 Å². The van der Waals surface area contributed by atoms with E-state index < -0.39 is 5.97 Å². The van der Waals surface area contributed by atoms with Gasteiger partial charge in [-0.05, 0) is 31.4 Å². The number of nitrogens with zero attached hydrogens (tertiary/aromatic N) is 1. The zero-order chi connectivity index (χ0) is 14.5. The summed E-state index contributed by atoms with van der Waals surface area (Å²) in [4.78, 5) is 23.1. The van der Waals surface area contributed by atoms with E-state index >= 15 is 0 Å². The molecule has 0 aromatic heterocycles. The lowest BCUT2D eigenvalue weighted by atomic mass is 9.97. The number of carbonyl (C=O) groups excluding carboxylic acids is 1. The number of piperidine rings is 1. The van der Waals surface area contributed by atoms with Crippen LogP contribution in [-0.2, 0) is 0 Å². The Morgan fingerprint density at radius 1 is 1.15 bits per heavy atom. The van der Waals surface area contributed by atoms with Gasteiger partial charge in [-0.25, -0.2) is 4.79 Å². The number of ketones is 1. The molecule has 1 aromatic rings. The second-order valence-corrected chi connectivity index (χ2v) is 4.56. The molecule has 0 aliphatic carbocycles. The number of hydrogen-bond acceptors (Lipinski definition) is 4. The van der Waals surface area contributed by atoms with Crippen molar-refractivity contribution in [1.82, 2.24) is 5.32 Å². The van der Waals surface area contributed by atoms with Crippen LogP contribution in [0, 0.1) is 11.3 Å². The molecule has 1 aliphatic heterocycles. The van der Waals surface area contributed by atoms with E-state index in [-0.39, 0.29) is 16.9 Å². The highest BCUT2D eigenvalue weighted by atomic mass is 16.4. The summed E-state index contributed by atoms with van der Waals surface area (Å²) in [6, 6.07) is 7.56. The van der Waals surface area contributed by atoms with Crippen LogP contribution >= 0.6 is 0 Å². The van der Waals surface area contributed by atoms with Crippen molar-refractivity contribution >= 4 is 11.8 Å². The van der Waals surface area contributed by atoms with Crippen LogP contribution in [0.1, 0.15) is 40.0 Å². The van der Waals surface area contributed by atoms with Crippen molar-refractivity contribution in [3.8, 4) is 6.07 Å². The number of nitrogens with one attached hydrogen (secondary N) is 1. The Kier molecular flexibility index (Phi) is 4.16.